The first-order valence-electron chi connectivity index (χ1n) is 10.5. The van der Waals surface area contributed by atoms with Gasteiger partial charge in [0.15, 0.2) is 0 Å². The lowest BCUT2D eigenvalue weighted by Crippen LogP contribution is -2.54. The largest absolute Gasteiger partial charge is 0.344 e. The van der Waals surface area contributed by atoms with Crippen LogP contribution in [0, 0.1) is 5.41 Å². The average Bonchev–Trinajstić information content (AvgIpc) is 2.87. The zero-order valence-electron chi connectivity index (χ0n) is 17.0. The van der Waals surface area contributed by atoms with Gasteiger partial charge in [0, 0.05) is 48.3 Å². The number of fused-ring (bicyclic) bond motifs is 3. The summed E-state index contributed by atoms with van der Waals surface area (Å²) in [6, 6.07) is 10.3. The maximum Gasteiger partial charge on any atom is 0.0485 e. The second-order valence-electron chi connectivity index (χ2n) is 9.52. The first-order valence-corrected chi connectivity index (χ1v) is 10.5. The number of aromatic nitrogens is 1. The summed E-state index contributed by atoms with van der Waals surface area (Å²) in [6.07, 6.45) is 5.01. The molecule has 142 valence electrons. The van der Waals surface area contributed by atoms with Gasteiger partial charge in [-0.2, -0.15) is 0 Å². The first kappa shape index (κ1) is 18.1. The number of aryl methyl sites for hydroxylation is 1. The van der Waals surface area contributed by atoms with Crippen LogP contribution in [0.2, 0.25) is 0 Å². The molecule has 2 atom stereocenters. The molecule has 2 heterocycles. The van der Waals surface area contributed by atoms with Crippen LogP contribution in [0.1, 0.15) is 51.8 Å². The van der Waals surface area contributed by atoms with E-state index in [1.807, 2.05) is 0 Å². The van der Waals surface area contributed by atoms with Gasteiger partial charge >= 0.3 is 0 Å². The van der Waals surface area contributed by atoms with Gasteiger partial charge in [-0.1, -0.05) is 32.0 Å². The Kier molecular flexibility index (Phi) is 4.87. The first-order chi connectivity index (χ1) is 12.4. The molecule has 1 aliphatic carbocycles. The summed E-state index contributed by atoms with van der Waals surface area (Å²) in [5.41, 5.74) is 5.14. The number of piperazine rings is 1. The highest BCUT2D eigenvalue weighted by Crippen LogP contribution is 2.40. The number of benzene rings is 1. The van der Waals surface area contributed by atoms with Crippen LogP contribution in [0.5, 0.6) is 0 Å². The maximum atomic E-state index is 3.64. The van der Waals surface area contributed by atoms with Crippen molar-refractivity contribution in [3.8, 4) is 0 Å². The fourth-order valence-electron chi connectivity index (χ4n) is 5.27. The molecule has 1 N–H and O–H groups in total. The zero-order chi connectivity index (χ0) is 18.3. The van der Waals surface area contributed by atoms with Crippen LogP contribution in [0.25, 0.3) is 10.9 Å². The highest BCUT2D eigenvalue weighted by Gasteiger charge is 2.30. The van der Waals surface area contributed by atoms with Gasteiger partial charge in [0.2, 0.25) is 0 Å². The minimum atomic E-state index is 0.440. The van der Waals surface area contributed by atoms with Crippen molar-refractivity contribution < 1.29 is 0 Å². The van der Waals surface area contributed by atoms with Gasteiger partial charge in [-0.25, -0.2) is 0 Å². The summed E-state index contributed by atoms with van der Waals surface area (Å²) in [5, 5.41) is 5.14. The molecule has 1 aromatic carbocycles. The van der Waals surface area contributed by atoms with E-state index < -0.39 is 0 Å². The molecule has 3 nitrogen and oxygen atoms in total. The molecule has 1 aliphatic heterocycles. The Morgan fingerprint density at radius 1 is 1.08 bits per heavy atom. The molecular weight excluding hydrogens is 318 g/mol. The Labute approximate surface area is 158 Å². The monoisotopic (exact) mass is 353 g/mol. The Bertz CT molecular complexity index is 763. The lowest BCUT2D eigenvalue weighted by molar-refractivity contribution is 0.170. The molecule has 0 saturated carbocycles. The number of para-hydroxylation sites is 1. The second kappa shape index (κ2) is 7.01. The van der Waals surface area contributed by atoms with E-state index in [9.17, 15) is 0 Å². The van der Waals surface area contributed by atoms with Crippen molar-refractivity contribution in [2.24, 2.45) is 5.41 Å². The van der Waals surface area contributed by atoms with Gasteiger partial charge < -0.3 is 14.8 Å². The van der Waals surface area contributed by atoms with Crippen molar-refractivity contribution in [2.45, 2.75) is 72.0 Å². The number of rotatable bonds is 4. The number of hydrogen-bond donors (Lipinski definition) is 1. The summed E-state index contributed by atoms with van der Waals surface area (Å²) < 4.78 is 2.65. The minimum absolute atomic E-state index is 0.440. The molecule has 1 fully saturated rings. The van der Waals surface area contributed by atoms with Gasteiger partial charge in [-0.05, 0) is 63.1 Å². The highest BCUT2D eigenvalue weighted by atomic mass is 15.2. The van der Waals surface area contributed by atoms with Crippen molar-refractivity contribution in [3.63, 3.8) is 0 Å². The number of nitrogens with one attached hydrogen (secondary N) is 1. The lowest BCUT2D eigenvalue weighted by atomic mass is 9.76. The van der Waals surface area contributed by atoms with Crippen LogP contribution in [-0.2, 0) is 19.4 Å². The summed E-state index contributed by atoms with van der Waals surface area (Å²) >= 11 is 0. The Hall–Kier alpha value is -1.32. The maximum absolute atomic E-state index is 3.64. The van der Waals surface area contributed by atoms with E-state index in [2.05, 4.69) is 66.7 Å². The fraction of sp³-hybridized carbons (Fsp3) is 0.652. The Balaban J connectivity index is 1.52. The molecule has 2 unspecified atom stereocenters. The second-order valence-corrected chi connectivity index (χ2v) is 9.52. The molecule has 0 radical (unpaired) electrons. The zero-order valence-corrected chi connectivity index (χ0v) is 17.0. The summed E-state index contributed by atoms with van der Waals surface area (Å²) in [7, 11) is 0. The topological polar surface area (TPSA) is 20.2 Å². The van der Waals surface area contributed by atoms with Crippen molar-refractivity contribution in [2.75, 3.05) is 19.6 Å². The third-order valence-corrected chi connectivity index (χ3v) is 6.38. The number of nitrogens with zero attached hydrogens (tertiary/aromatic N) is 2. The molecule has 2 aliphatic rings. The van der Waals surface area contributed by atoms with Crippen LogP contribution in [0.4, 0.5) is 0 Å². The highest BCUT2D eigenvalue weighted by molar-refractivity contribution is 5.86. The minimum Gasteiger partial charge on any atom is -0.344 e. The normalized spacial score (nSPS) is 26.2. The average molecular weight is 354 g/mol. The summed E-state index contributed by atoms with van der Waals surface area (Å²) in [6.45, 7) is 14.2. The van der Waals surface area contributed by atoms with E-state index in [0.29, 0.717) is 17.5 Å². The summed E-state index contributed by atoms with van der Waals surface area (Å²) in [4.78, 5) is 2.65. The van der Waals surface area contributed by atoms with Gasteiger partial charge in [-0.3, -0.25) is 0 Å². The van der Waals surface area contributed by atoms with Crippen LogP contribution < -0.4 is 5.32 Å². The molecular formula is C23H35N3. The molecule has 0 spiro atoms. The van der Waals surface area contributed by atoms with Gasteiger partial charge in [0.1, 0.15) is 0 Å². The Morgan fingerprint density at radius 3 is 2.58 bits per heavy atom. The standard InChI is InChI=1S/C23H35N3/c1-17-15-25(16-18(2)24-17)12-7-13-26-21-9-6-5-8-19(21)20-14-23(3,4)11-10-22(20)26/h5-6,8-9,17-18,24H,7,10-16H2,1-4H3. The number of hydrogen-bond acceptors (Lipinski definition) is 2. The Morgan fingerprint density at radius 2 is 1.81 bits per heavy atom. The van der Waals surface area contributed by atoms with Crippen molar-refractivity contribution in [1.29, 1.82) is 0 Å². The van der Waals surface area contributed by atoms with E-state index in [1.54, 1.807) is 11.3 Å². The molecule has 4 rings (SSSR count). The van der Waals surface area contributed by atoms with Crippen LogP contribution in [0.15, 0.2) is 24.3 Å². The predicted octanol–water partition coefficient (Wildman–Crippen LogP) is 4.23. The van der Waals surface area contributed by atoms with Crippen LogP contribution in [-0.4, -0.2) is 41.2 Å². The van der Waals surface area contributed by atoms with E-state index in [4.69, 9.17) is 0 Å². The van der Waals surface area contributed by atoms with Gasteiger partial charge in [-0.15, -0.1) is 0 Å². The summed E-state index contributed by atoms with van der Waals surface area (Å²) in [5.74, 6) is 0. The van der Waals surface area contributed by atoms with E-state index in [-0.39, 0.29) is 0 Å². The van der Waals surface area contributed by atoms with Crippen LogP contribution >= 0.6 is 0 Å². The van der Waals surface area contributed by atoms with E-state index in [0.717, 1.165) is 6.54 Å². The predicted molar refractivity (Wildman–Crippen MR) is 111 cm³/mol. The van der Waals surface area contributed by atoms with Crippen LogP contribution in [0.3, 0.4) is 0 Å². The van der Waals surface area contributed by atoms with Crippen molar-refractivity contribution >= 4 is 10.9 Å². The van der Waals surface area contributed by atoms with Crippen molar-refractivity contribution in [3.05, 3.63) is 35.5 Å². The SMILES string of the molecule is CC1CN(CCCn2c3c(c4ccccc42)CC(C)(C)CC3)CC(C)N1. The van der Waals surface area contributed by atoms with Crippen molar-refractivity contribution in [1.82, 2.24) is 14.8 Å². The quantitative estimate of drug-likeness (QED) is 0.888. The molecule has 1 aromatic heterocycles. The van der Waals surface area contributed by atoms with Gasteiger partial charge in [0.05, 0.1) is 0 Å². The van der Waals surface area contributed by atoms with Gasteiger partial charge in [0.25, 0.3) is 0 Å². The molecule has 1 saturated heterocycles. The van der Waals surface area contributed by atoms with E-state index >= 15 is 0 Å². The molecule has 26 heavy (non-hydrogen) atoms. The van der Waals surface area contributed by atoms with E-state index in [1.165, 1.54) is 56.2 Å². The lowest BCUT2D eigenvalue weighted by Gasteiger charge is -2.36. The molecule has 3 heteroatoms. The molecule has 2 aromatic rings. The third-order valence-electron chi connectivity index (χ3n) is 6.38. The molecule has 0 amide bonds. The molecule has 0 bridgehead atoms. The third kappa shape index (κ3) is 3.57. The smallest absolute Gasteiger partial charge is 0.0485 e. The fourth-order valence-corrected chi connectivity index (χ4v) is 5.27.